The highest BCUT2D eigenvalue weighted by molar-refractivity contribution is 6.07. The fourth-order valence-corrected chi connectivity index (χ4v) is 3.75. The Labute approximate surface area is 179 Å². The molecule has 0 radical (unpaired) electrons. The molecule has 9 heteroatoms. The summed E-state index contributed by atoms with van der Waals surface area (Å²) in [6.07, 6.45) is 1.98. The highest BCUT2D eigenvalue weighted by Gasteiger charge is 2.43. The smallest absolute Gasteiger partial charge is 0.325 e. The zero-order valence-corrected chi connectivity index (χ0v) is 17.6. The van der Waals surface area contributed by atoms with Gasteiger partial charge in [-0.15, -0.1) is 0 Å². The molecule has 2 aromatic rings. The molecule has 2 atom stereocenters. The van der Waals surface area contributed by atoms with Gasteiger partial charge in [0.15, 0.2) is 0 Å². The maximum atomic E-state index is 13.1. The first-order chi connectivity index (χ1) is 14.9. The molecule has 0 saturated carbocycles. The molecule has 31 heavy (non-hydrogen) atoms. The molecule has 0 unspecified atom stereocenters. The first-order valence-electron chi connectivity index (χ1n) is 10.1. The van der Waals surface area contributed by atoms with Crippen LogP contribution in [0.1, 0.15) is 37.6 Å². The lowest BCUT2D eigenvalue weighted by molar-refractivity contribution is -0.139. The SMILES string of the molecule is COc1ccc(C2=NN(C(=O)CN3C(=O)N[C@@H](C(C)C)C3=O)[C@@H](c3ccco3)C2)cc1. The van der Waals surface area contributed by atoms with Gasteiger partial charge in [0.05, 0.1) is 19.1 Å². The van der Waals surface area contributed by atoms with Gasteiger partial charge in [-0.1, -0.05) is 13.8 Å². The molecule has 1 N–H and O–H groups in total. The molecular formula is C22H24N4O5. The Kier molecular flexibility index (Phi) is 5.50. The second-order valence-electron chi connectivity index (χ2n) is 7.84. The number of hydrazone groups is 1. The van der Waals surface area contributed by atoms with E-state index in [-0.39, 0.29) is 12.5 Å². The largest absolute Gasteiger partial charge is 0.497 e. The van der Waals surface area contributed by atoms with Gasteiger partial charge >= 0.3 is 6.03 Å². The van der Waals surface area contributed by atoms with Gasteiger partial charge in [0.1, 0.15) is 30.1 Å². The number of furan rings is 1. The predicted molar refractivity (Wildman–Crippen MR) is 111 cm³/mol. The lowest BCUT2D eigenvalue weighted by Gasteiger charge is -2.22. The molecule has 1 fully saturated rings. The zero-order valence-electron chi connectivity index (χ0n) is 17.6. The van der Waals surface area contributed by atoms with Gasteiger partial charge in [-0.2, -0.15) is 5.10 Å². The van der Waals surface area contributed by atoms with E-state index in [4.69, 9.17) is 9.15 Å². The van der Waals surface area contributed by atoms with E-state index in [1.807, 2.05) is 38.1 Å². The van der Waals surface area contributed by atoms with E-state index < -0.39 is 29.9 Å². The summed E-state index contributed by atoms with van der Waals surface area (Å²) in [5, 5.41) is 8.47. The van der Waals surface area contributed by atoms with Crippen LogP contribution >= 0.6 is 0 Å². The van der Waals surface area contributed by atoms with Gasteiger partial charge in [-0.3, -0.25) is 14.5 Å². The van der Waals surface area contributed by atoms with Gasteiger partial charge in [0.2, 0.25) is 0 Å². The first kappa shape index (κ1) is 20.6. The Bertz CT molecular complexity index is 1010. The van der Waals surface area contributed by atoms with Gasteiger partial charge in [0.25, 0.3) is 11.8 Å². The van der Waals surface area contributed by atoms with Crippen molar-refractivity contribution < 1.29 is 23.5 Å². The molecule has 0 aliphatic carbocycles. The minimum Gasteiger partial charge on any atom is -0.497 e. The van der Waals surface area contributed by atoms with Crippen LogP contribution < -0.4 is 10.1 Å². The second kappa shape index (κ2) is 8.25. The average Bonchev–Trinajstić information content (AvgIpc) is 3.49. The van der Waals surface area contributed by atoms with E-state index in [9.17, 15) is 14.4 Å². The number of ether oxygens (including phenoxy) is 1. The number of nitrogens with zero attached hydrogens (tertiary/aromatic N) is 3. The topological polar surface area (TPSA) is 104 Å². The minimum atomic E-state index is -0.627. The summed E-state index contributed by atoms with van der Waals surface area (Å²) in [4.78, 5) is 38.9. The van der Waals surface area contributed by atoms with E-state index in [1.54, 1.807) is 19.2 Å². The van der Waals surface area contributed by atoms with E-state index >= 15 is 0 Å². The quantitative estimate of drug-likeness (QED) is 0.718. The summed E-state index contributed by atoms with van der Waals surface area (Å²) in [5.41, 5.74) is 1.55. The van der Waals surface area contributed by atoms with Crippen LogP contribution in [0.15, 0.2) is 52.2 Å². The second-order valence-corrected chi connectivity index (χ2v) is 7.84. The standard InChI is InChI=1S/C22H24N4O5/c1-13(2)20-21(28)25(22(29)23-20)12-19(27)26-17(18-5-4-10-31-18)11-16(24-26)14-6-8-15(30-3)9-7-14/h4-10,13,17,20H,11-12H2,1-3H3,(H,23,29)/t17-,20+/m1/s1. The summed E-state index contributed by atoms with van der Waals surface area (Å²) in [5.74, 6) is 0.368. The van der Waals surface area contributed by atoms with Crippen molar-refractivity contribution in [2.24, 2.45) is 11.0 Å². The maximum Gasteiger partial charge on any atom is 0.325 e. The molecule has 0 bridgehead atoms. The third-order valence-corrected chi connectivity index (χ3v) is 5.48. The molecule has 0 spiro atoms. The molecule has 2 aliphatic rings. The van der Waals surface area contributed by atoms with Crippen molar-refractivity contribution in [3.8, 4) is 5.75 Å². The molecular weight excluding hydrogens is 400 g/mol. The summed E-state index contributed by atoms with van der Waals surface area (Å²) in [6.45, 7) is 3.30. The molecule has 1 saturated heterocycles. The van der Waals surface area contributed by atoms with Crippen LogP contribution in [0.2, 0.25) is 0 Å². The van der Waals surface area contributed by atoms with Gasteiger partial charge < -0.3 is 14.5 Å². The lowest BCUT2D eigenvalue weighted by atomic mass is 10.0. The highest BCUT2D eigenvalue weighted by atomic mass is 16.5. The Morgan fingerprint density at radius 1 is 1.26 bits per heavy atom. The molecule has 4 amide bonds. The van der Waals surface area contributed by atoms with Crippen LogP contribution in [-0.2, 0) is 9.59 Å². The monoisotopic (exact) mass is 424 g/mol. The average molecular weight is 424 g/mol. The molecule has 162 valence electrons. The molecule has 1 aromatic heterocycles. The number of methoxy groups -OCH3 is 1. The summed E-state index contributed by atoms with van der Waals surface area (Å²) < 4.78 is 10.7. The van der Waals surface area contributed by atoms with Crippen molar-refractivity contribution in [1.82, 2.24) is 15.2 Å². The van der Waals surface area contributed by atoms with Crippen molar-refractivity contribution in [3.63, 3.8) is 0 Å². The molecule has 2 aliphatic heterocycles. The minimum absolute atomic E-state index is 0.0705. The van der Waals surface area contributed by atoms with Crippen molar-refractivity contribution in [2.75, 3.05) is 13.7 Å². The fourth-order valence-electron chi connectivity index (χ4n) is 3.75. The molecule has 1 aromatic carbocycles. The van der Waals surface area contributed by atoms with E-state index in [2.05, 4.69) is 10.4 Å². The highest BCUT2D eigenvalue weighted by Crippen LogP contribution is 2.33. The van der Waals surface area contributed by atoms with Gasteiger partial charge in [0, 0.05) is 6.42 Å². The van der Waals surface area contributed by atoms with Crippen molar-refractivity contribution in [2.45, 2.75) is 32.4 Å². The zero-order chi connectivity index (χ0) is 22.1. The lowest BCUT2D eigenvalue weighted by Crippen LogP contribution is -2.42. The number of nitrogens with one attached hydrogen (secondary N) is 1. The third kappa shape index (κ3) is 3.90. The van der Waals surface area contributed by atoms with Crippen molar-refractivity contribution in [3.05, 3.63) is 54.0 Å². The van der Waals surface area contributed by atoms with Crippen LogP contribution in [-0.4, -0.2) is 53.2 Å². The number of amides is 4. The molecule has 4 rings (SSSR count). The number of urea groups is 1. The number of carbonyl (C=O) groups excluding carboxylic acids is 3. The summed E-state index contributed by atoms with van der Waals surface area (Å²) in [6, 6.07) is 9.26. The third-order valence-electron chi connectivity index (χ3n) is 5.48. The molecule has 3 heterocycles. The van der Waals surface area contributed by atoms with Gasteiger partial charge in [-0.05, 0) is 47.9 Å². The van der Waals surface area contributed by atoms with E-state index in [0.717, 1.165) is 16.2 Å². The first-order valence-corrected chi connectivity index (χ1v) is 10.1. The van der Waals surface area contributed by atoms with Gasteiger partial charge in [-0.25, -0.2) is 9.80 Å². The van der Waals surface area contributed by atoms with Crippen LogP contribution in [0.4, 0.5) is 4.79 Å². The van der Waals surface area contributed by atoms with Crippen LogP contribution in [0.3, 0.4) is 0 Å². The number of carbonyl (C=O) groups is 3. The normalized spacial score (nSPS) is 21.0. The van der Waals surface area contributed by atoms with Crippen LogP contribution in [0.25, 0.3) is 0 Å². The van der Waals surface area contributed by atoms with Crippen molar-refractivity contribution in [1.29, 1.82) is 0 Å². The number of benzene rings is 1. The Hall–Kier alpha value is -3.62. The maximum absolute atomic E-state index is 13.1. The Balaban J connectivity index is 1.58. The predicted octanol–water partition coefficient (Wildman–Crippen LogP) is 2.54. The van der Waals surface area contributed by atoms with Crippen LogP contribution in [0, 0.1) is 5.92 Å². The van der Waals surface area contributed by atoms with E-state index in [1.165, 1.54) is 11.3 Å². The Morgan fingerprint density at radius 2 is 2.00 bits per heavy atom. The Morgan fingerprint density at radius 3 is 2.58 bits per heavy atom. The number of imide groups is 1. The molecule has 9 nitrogen and oxygen atoms in total. The van der Waals surface area contributed by atoms with Crippen LogP contribution in [0.5, 0.6) is 5.75 Å². The fraction of sp³-hybridized carbons (Fsp3) is 0.364. The van der Waals surface area contributed by atoms with Crippen molar-refractivity contribution >= 4 is 23.6 Å². The van der Waals surface area contributed by atoms with E-state index in [0.29, 0.717) is 17.9 Å². The number of rotatable bonds is 6. The summed E-state index contributed by atoms with van der Waals surface area (Å²) in [7, 11) is 1.59. The summed E-state index contributed by atoms with van der Waals surface area (Å²) >= 11 is 0. The number of hydrogen-bond acceptors (Lipinski definition) is 6. The number of hydrogen-bond donors (Lipinski definition) is 1.